The molecule has 132 valence electrons. The molecule has 4 nitrogen and oxygen atoms in total. The maximum absolute atomic E-state index is 12.9. The molecule has 2 aromatic carbocycles. The Kier molecular flexibility index (Phi) is 5.71. The summed E-state index contributed by atoms with van der Waals surface area (Å²) < 4.78 is 12.9. The first kappa shape index (κ1) is 18.2. The van der Waals surface area contributed by atoms with Gasteiger partial charge in [0.15, 0.2) is 0 Å². The highest BCUT2D eigenvalue weighted by atomic mass is 35.5. The van der Waals surface area contributed by atoms with Crippen molar-refractivity contribution < 1.29 is 9.18 Å². The Labute approximate surface area is 160 Å². The summed E-state index contributed by atoms with van der Waals surface area (Å²) in [7, 11) is 0. The van der Waals surface area contributed by atoms with E-state index in [1.807, 2.05) is 0 Å². The molecule has 0 bridgehead atoms. The summed E-state index contributed by atoms with van der Waals surface area (Å²) >= 11 is 11.8. The van der Waals surface area contributed by atoms with Gasteiger partial charge in [0.25, 0.3) is 5.91 Å². The largest absolute Gasteiger partial charge is 0.381 e. The number of amides is 1. The Morgan fingerprint density at radius 1 is 0.962 bits per heavy atom. The van der Waals surface area contributed by atoms with E-state index in [4.69, 9.17) is 23.2 Å². The lowest BCUT2D eigenvalue weighted by Gasteiger charge is -2.09. The molecule has 0 aliphatic rings. The molecular weight excluding hydrogens is 376 g/mol. The number of rotatable bonds is 5. The summed E-state index contributed by atoms with van der Waals surface area (Å²) in [6.07, 6.45) is 1.54. The van der Waals surface area contributed by atoms with Crippen LogP contribution >= 0.6 is 23.2 Å². The highest BCUT2D eigenvalue weighted by Crippen LogP contribution is 2.25. The van der Waals surface area contributed by atoms with Gasteiger partial charge in [-0.3, -0.25) is 9.78 Å². The molecular formula is C19H14Cl2FN3O. The van der Waals surface area contributed by atoms with Crippen LogP contribution in [0.15, 0.2) is 60.8 Å². The van der Waals surface area contributed by atoms with Crippen molar-refractivity contribution in [3.8, 4) is 0 Å². The van der Waals surface area contributed by atoms with Crippen LogP contribution in [-0.2, 0) is 6.54 Å². The average molecular weight is 390 g/mol. The van der Waals surface area contributed by atoms with Gasteiger partial charge in [0.2, 0.25) is 0 Å². The summed E-state index contributed by atoms with van der Waals surface area (Å²) in [6.45, 7) is 0.498. The molecule has 1 amide bonds. The predicted molar refractivity (Wildman–Crippen MR) is 102 cm³/mol. The minimum atomic E-state index is -0.367. The first-order chi connectivity index (χ1) is 12.5. The van der Waals surface area contributed by atoms with Crippen molar-refractivity contribution in [2.24, 2.45) is 0 Å². The van der Waals surface area contributed by atoms with Gasteiger partial charge < -0.3 is 10.6 Å². The molecule has 1 heterocycles. The lowest BCUT2D eigenvalue weighted by Crippen LogP contribution is -2.14. The van der Waals surface area contributed by atoms with E-state index in [0.717, 1.165) is 11.3 Å². The molecule has 7 heteroatoms. The van der Waals surface area contributed by atoms with Crippen molar-refractivity contribution >= 4 is 40.5 Å². The van der Waals surface area contributed by atoms with Crippen LogP contribution in [-0.4, -0.2) is 10.9 Å². The second-order valence-corrected chi connectivity index (χ2v) is 6.31. The fourth-order valence-corrected chi connectivity index (χ4v) is 2.54. The van der Waals surface area contributed by atoms with Gasteiger partial charge in [-0.2, -0.15) is 0 Å². The zero-order valence-electron chi connectivity index (χ0n) is 13.5. The molecule has 0 unspecified atom stereocenters. The summed E-state index contributed by atoms with van der Waals surface area (Å²) in [5.74, 6) is -0.646. The van der Waals surface area contributed by atoms with Gasteiger partial charge in [-0.25, -0.2) is 4.39 Å². The normalized spacial score (nSPS) is 10.4. The number of hydrogen-bond acceptors (Lipinski definition) is 3. The lowest BCUT2D eigenvalue weighted by atomic mass is 10.2. The molecule has 0 saturated carbocycles. The van der Waals surface area contributed by atoms with Crippen molar-refractivity contribution in [2.75, 3.05) is 10.6 Å². The minimum Gasteiger partial charge on any atom is -0.381 e. The Balaban J connectivity index is 1.66. The number of hydrogen-bond donors (Lipinski definition) is 2. The molecule has 0 saturated heterocycles. The van der Waals surface area contributed by atoms with Gasteiger partial charge in [-0.1, -0.05) is 35.3 Å². The van der Waals surface area contributed by atoms with Gasteiger partial charge in [-0.15, -0.1) is 0 Å². The van der Waals surface area contributed by atoms with Crippen LogP contribution in [0.1, 0.15) is 16.1 Å². The second kappa shape index (κ2) is 8.17. The van der Waals surface area contributed by atoms with E-state index in [9.17, 15) is 9.18 Å². The van der Waals surface area contributed by atoms with Gasteiger partial charge in [0.1, 0.15) is 11.5 Å². The first-order valence-corrected chi connectivity index (χ1v) is 8.47. The Morgan fingerprint density at radius 3 is 2.46 bits per heavy atom. The molecule has 0 radical (unpaired) electrons. The van der Waals surface area contributed by atoms with E-state index in [1.165, 1.54) is 18.3 Å². The lowest BCUT2D eigenvalue weighted by molar-refractivity contribution is 0.102. The summed E-state index contributed by atoms with van der Waals surface area (Å²) in [5, 5.41) is 6.66. The number of aromatic nitrogens is 1. The van der Waals surface area contributed by atoms with Crippen LogP contribution in [0.4, 0.5) is 15.8 Å². The number of nitrogens with one attached hydrogen (secondary N) is 2. The predicted octanol–water partition coefficient (Wildman–Crippen LogP) is 5.39. The number of halogens is 3. The third kappa shape index (κ3) is 4.71. The molecule has 3 rings (SSSR count). The van der Waals surface area contributed by atoms with Crippen LogP contribution in [0.3, 0.4) is 0 Å². The molecule has 0 aliphatic carbocycles. The van der Waals surface area contributed by atoms with Crippen LogP contribution in [0.2, 0.25) is 10.0 Å². The van der Waals surface area contributed by atoms with Gasteiger partial charge in [0.05, 0.1) is 10.0 Å². The molecule has 26 heavy (non-hydrogen) atoms. The number of carbonyl (C=O) groups excluding carboxylic acids is 1. The molecule has 0 aliphatic heterocycles. The third-order valence-electron chi connectivity index (χ3n) is 3.58. The van der Waals surface area contributed by atoms with E-state index in [-0.39, 0.29) is 17.4 Å². The van der Waals surface area contributed by atoms with Crippen molar-refractivity contribution in [1.82, 2.24) is 4.98 Å². The van der Waals surface area contributed by atoms with Crippen molar-refractivity contribution in [2.45, 2.75) is 6.54 Å². The number of pyridine rings is 1. The first-order valence-electron chi connectivity index (χ1n) is 7.72. The summed E-state index contributed by atoms with van der Waals surface area (Å²) in [5.41, 5.74) is 2.42. The SMILES string of the molecule is O=C(Nc1ccc(Cl)c(Cl)c1)c1cc(NCc2ccc(F)cc2)ccn1. The highest BCUT2D eigenvalue weighted by Gasteiger charge is 2.09. The molecule has 2 N–H and O–H groups in total. The Hall–Kier alpha value is -2.63. The fraction of sp³-hybridized carbons (Fsp3) is 0.0526. The van der Waals surface area contributed by atoms with Crippen LogP contribution in [0, 0.1) is 5.82 Å². The molecule has 0 fully saturated rings. The zero-order valence-corrected chi connectivity index (χ0v) is 15.0. The quantitative estimate of drug-likeness (QED) is 0.614. The fourth-order valence-electron chi connectivity index (χ4n) is 2.24. The number of anilines is 2. The van der Waals surface area contributed by atoms with Crippen molar-refractivity contribution in [1.29, 1.82) is 0 Å². The highest BCUT2D eigenvalue weighted by molar-refractivity contribution is 6.42. The van der Waals surface area contributed by atoms with E-state index in [1.54, 1.807) is 42.5 Å². The van der Waals surface area contributed by atoms with Crippen LogP contribution < -0.4 is 10.6 Å². The number of benzene rings is 2. The van der Waals surface area contributed by atoms with E-state index in [0.29, 0.717) is 22.3 Å². The Bertz CT molecular complexity index is 932. The maximum Gasteiger partial charge on any atom is 0.274 e. The van der Waals surface area contributed by atoms with E-state index < -0.39 is 0 Å². The molecule has 1 aromatic heterocycles. The molecule has 3 aromatic rings. The summed E-state index contributed by atoms with van der Waals surface area (Å²) in [4.78, 5) is 16.4. The van der Waals surface area contributed by atoms with E-state index in [2.05, 4.69) is 15.6 Å². The molecule has 0 atom stereocenters. The molecule has 0 spiro atoms. The third-order valence-corrected chi connectivity index (χ3v) is 4.32. The second-order valence-electron chi connectivity index (χ2n) is 5.49. The van der Waals surface area contributed by atoms with Crippen molar-refractivity contribution in [3.05, 3.63) is 87.9 Å². The number of nitrogens with zero attached hydrogens (tertiary/aromatic N) is 1. The van der Waals surface area contributed by atoms with Gasteiger partial charge in [-0.05, 0) is 48.0 Å². The van der Waals surface area contributed by atoms with Crippen LogP contribution in [0.25, 0.3) is 0 Å². The number of carbonyl (C=O) groups is 1. The van der Waals surface area contributed by atoms with E-state index >= 15 is 0 Å². The van der Waals surface area contributed by atoms with Crippen LogP contribution in [0.5, 0.6) is 0 Å². The Morgan fingerprint density at radius 2 is 1.73 bits per heavy atom. The maximum atomic E-state index is 12.9. The standard InChI is InChI=1S/C19H14Cl2FN3O/c20-16-6-5-15(9-17(16)21)25-19(26)18-10-14(7-8-23-18)24-11-12-1-3-13(22)4-2-12/h1-10H,11H2,(H,23,24)(H,25,26). The van der Waals surface area contributed by atoms with Gasteiger partial charge in [0, 0.05) is 24.1 Å². The summed E-state index contributed by atoms with van der Waals surface area (Å²) in [6, 6.07) is 14.4. The minimum absolute atomic E-state index is 0.250. The topological polar surface area (TPSA) is 54.0 Å². The monoisotopic (exact) mass is 389 g/mol. The average Bonchev–Trinajstić information content (AvgIpc) is 2.64. The zero-order chi connectivity index (χ0) is 18.5. The van der Waals surface area contributed by atoms with Gasteiger partial charge >= 0.3 is 0 Å². The smallest absolute Gasteiger partial charge is 0.274 e. The van der Waals surface area contributed by atoms with Crippen molar-refractivity contribution in [3.63, 3.8) is 0 Å².